The molecule has 0 bridgehead atoms. The van der Waals surface area contributed by atoms with Crippen LogP contribution in [0, 0.1) is 19.7 Å². The van der Waals surface area contributed by atoms with E-state index in [-0.39, 0.29) is 33.5 Å². The van der Waals surface area contributed by atoms with Crippen molar-refractivity contribution in [2.24, 2.45) is 11.5 Å². The average molecular weight is 494 g/mol. The lowest BCUT2D eigenvalue weighted by Gasteiger charge is -2.21. The third-order valence-corrected chi connectivity index (χ3v) is 5.97. The fraction of sp³-hybridized carbons (Fsp3) is 0.320. The number of carbonyl (C=O) groups excluding carboxylic acids is 1. The molecule has 2 aromatic carbocycles. The molecule has 0 aliphatic heterocycles. The molecule has 5 N–H and O–H groups in total. The Morgan fingerprint density at radius 2 is 1.88 bits per heavy atom. The lowest BCUT2D eigenvalue weighted by Crippen LogP contribution is -2.37. The molecule has 0 unspecified atom stereocenters. The van der Waals surface area contributed by atoms with Crippen molar-refractivity contribution in [2.45, 2.75) is 45.5 Å². The molecule has 0 spiro atoms. The zero-order valence-electron chi connectivity index (χ0n) is 19.1. The lowest BCUT2D eigenvalue weighted by atomic mass is 10.00. The smallest absolute Gasteiger partial charge is 0.290 e. The van der Waals surface area contributed by atoms with Crippen LogP contribution < -0.4 is 21.5 Å². The monoisotopic (exact) mass is 493 g/mol. The van der Waals surface area contributed by atoms with Gasteiger partial charge in [-0.05, 0) is 56.7 Å². The largest absolute Gasteiger partial charge is 0.438 e. The predicted octanol–water partition coefficient (Wildman–Crippen LogP) is 5.21. The Kier molecular flexibility index (Phi) is 7.51. The van der Waals surface area contributed by atoms with Crippen LogP contribution in [0.2, 0.25) is 0 Å². The molecule has 1 fully saturated rings. The van der Waals surface area contributed by atoms with Gasteiger partial charge in [-0.2, -0.15) is 8.78 Å². The number of nitrogens with one attached hydrogen (secondary N) is 1. The third-order valence-electron chi connectivity index (χ3n) is 5.68. The molecule has 182 valence electrons. The summed E-state index contributed by atoms with van der Waals surface area (Å²) < 4.78 is 50.0. The van der Waals surface area contributed by atoms with Gasteiger partial charge in [0.05, 0.1) is 6.54 Å². The van der Waals surface area contributed by atoms with Gasteiger partial charge in [0.15, 0.2) is 11.6 Å². The van der Waals surface area contributed by atoms with E-state index < -0.39 is 30.1 Å². The number of hydrogen-bond acceptors (Lipinski definition) is 4. The minimum Gasteiger partial charge on any atom is -0.438 e. The summed E-state index contributed by atoms with van der Waals surface area (Å²) in [6, 6.07) is 9.16. The summed E-state index contributed by atoms with van der Waals surface area (Å²) in [5.74, 6) is -5.52. The first-order valence-corrected chi connectivity index (χ1v) is 11.1. The van der Waals surface area contributed by atoms with Crippen molar-refractivity contribution < 1.29 is 22.7 Å². The minimum atomic E-state index is -3.36. The predicted molar refractivity (Wildman–Crippen MR) is 126 cm³/mol. The quantitative estimate of drug-likeness (QED) is 0.204. The van der Waals surface area contributed by atoms with Crippen LogP contribution in [0.15, 0.2) is 58.6 Å². The maximum Gasteiger partial charge on any atom is 0.290 e. The van der Waals surface area contributed by atoms with Crippen LogP contribution in [0.3, 0.4) is 0 Å². The zero-order chi connectivity index (χ0) is 25.2. The summed E-state index contributed by atoms with van der Waals surface area (Å²) >= 11 is 5.85. The van der Waals surface area contributed by atoms with Crippen molar-refractivity contribution >= 4 is 17.5 Å². The van der Waals surface area contributed by atoms with E-state index in [9.17, 15) is 18.0 Å². The van der Waals surface area contributed by atoms with Gasteiger partial charge in [-0.3, -0.25) is 4.79 Å². The number of halogens is 4. The molecule has 1 saturated carbocycles. The molecule has 3 rings (SSSR count). The van der Waals surface area contributed by atoms with E-state index in [0.717, 1.165) is 18.4 Å². The topological polar surface area (TPSA) is 90.4 Å². The second-order valence-electron chi connectivity index (χ2n) is 8.45. The first kappa shape index (κ1) is 25.5. The Labute approximate surface area is 201 Å². The Bertz CT molecular complexity index is 1170. The second kappa shape index (κ2) is 10.0. The molecule has 0 atom stereocenters. The standard InChI is InChI=1S/C25H27ClF3N3O2/c1-13-7-10-18(14(2)11-13)25(28,29)12-32-24(33)20(15(3)22(26)30)23(31)34-19-6-4-5-17(21(19)27)16-8-9-16/h4-7,10-11,16H,8-9,12,30-31H2,1-3H3,(H,32,33)/b22-15-,23-20-. The van der Waals surface area contributed by atoms with E-state index in [1.165, 1.54) is 19.1 Å². The molecule has 1 aliphatic rings. The number of aryl methyl sites for hydroxylation is 2. The number of alkyl halides is 2. The van der Waals surface area contributed by atoms with Crippen molar-refractivity contribution in [3.63, 3.8) is 0 Å². The van der Waals surface area contributed by atoms with Gasteiger partial charge in [0, 0.05) is 11.1 Å². The van der Waals surface area contributed by atoms with Gasteiger partial charge in [-0.1, -0.05) is 47.5 Å². The molecule has 1 amide bonds. The summed E-state index contributed by atoms with van der Waals surface area (Å²) in [4.78, 5) is 12.9. The van der Waals surface area contributed by atoms with Gasteiger partial charge in [-0.25, -0.2) is 4.39 Å². The van der Waals surface area contributed by atoms with Crippen molar-refractivity contribution in [1.82, 2.24) is 5.32 Å². The van der Waals surface area contributed by atoms with Crippen LogP contribution in [0.4, 0.5) is 13.2 Å². The summed E-state index contributed by atoms with van der Waals surface area (Å²) in [6.07, 6.45) is 1.75. The average Bonchev–Trinajstić information content (AvgIpc) is 3.59. The number of hydrogen-bond donors (Lipinski definition) is 3. The lowest BCUT2D eigenvalue weighted by molar-refractivity contribution is -0.119. The van der Waals surface area contributed by atoms with Gasteiger partial charge in [0.2, 0.25) is 5.88 Å². The number of nitrogens with two attached hydrogens (primary N) is 2. The van der Waals surface area contributed by atoms with Crippen LogP contribution in [0.5, 0.6) is 5.75 Å². The minimum absolute atomic E-state index is 0.00487. The maximum atomic E-state index is 14.9. The highest BCUT2D eigenvalue weighted by atomic mass is 35.5. The van der Waals surface area contributed by atoms with Crippen molar-refractivity contribution in [3.8, 4) is 5.75 Å². The second-order valence-corrected chi connectivity index (χ2v) is 8.86. The first-order valence-electron chi connectivity index (χ1n) is 10.7. The number of rotatable bonds is 8. The summed E-state index contributed by atoms with van der Waals surface area (Å²) in [5.41, 5.74) is 12.8. The van der Waals surface area contributed by atoms with Gasteiger partial charge in [-0.15, -0.1) is 0 Å². The highest BCUT2D eigenvalue weighted by Crippen LogP contribution is 2.43. The Hall–Kier alpha value is -3.13. The fourth-order valence-electron chi connectivity index (χ4n) is 3.67. The Balaban J connectivity index is 1.87. The third kappa shape index (κ3) is 5.67. The first-order chi connectivity index (χ1) is 15.9. The van der Waals surface area contributed by atoms with Gasteiger partial charge >= 0.3 is 0 Å². The Morgan fingerprint density at radius 1 is 1.21 bits per heavy atom. The van der Waals surface area contributed by atoms with Crippen LogP contribution >= 0.6 is 11.6 Å². The molecular formula is C25H27ClF3N3O2. The zero-order valence-corrected chi connectivity index (χ0v) is 19.9. The molecule has 5 nitrogen and oxygen atoms in total. The molecule has 0 radical (unpaired) electrons. The van der Waals surface area contributed by atoms with E-state index >= 15 is 0 Å². The van der Waals surface area contributed by atoms with E-state index in [0.29, 0.717) is 11.1 Å². The van der Waals surface area contributed by atoms with Crippen molar-refractivity contribution in [2.75, 3.05) is 6.54 Å². The molecule has 9 heteroatoms. The molecule has 2 aromatic rings. The molecule has 0 heterocycles. The number of carbonyl (C=O) groups is 1. The Morgan fingerprint density at radius 3 is 2.47 bits per heavy atom. The molecule has 1 aliphatic carbocycles. The van der Waals surface area contributed by atoms with Gasteiger partial charge in [0.25, 0.3) is 11.8 Å². The number of amides is 1. The van der Waals surface area contributed by atoms with E-state index in [1.807, 2.05) is 0 Å². The highest BCUT2D eigenvalue weighted by molar-refractivity contribution is 6.30. The van der Waals surface area contributed by atoms with Crippen LogP contribution in [-0.2, 0) is 10.7 Å². The number of benzene rings is 2. The molecular weight excluding hydrogens is 467 g/mol. The number of ether oxygens (including phenoxy) is 1. The van der Waals surface area contributed by atoms with Gasteiger partial charge in [0.1, 0.15) is 10.7 Å². The summed E-state index contributed by atoms with van der Waals surface area (Å²) in [5, 5.41) is 1.88. The fourth-order valence-corrected chi connectivity index (χ4v) is 3.77. The van der Waals surface area contributed by atoms with Crippen molar-refractivity contribution in [1.29, 1.82) is 0 Å². The van der Waals surface area contributed by atoms with Gasteiger partial charge < -0.3 is 21.5 Å². The van der Waals surface area contributed by atoms with Crippen LogP contribution in [0.25, 0.3) is 0 Å². The van der Waals surface area contributed by atoms with Crippen molar-refractivity contribution in [3.05, 3.63) is 86.7 Å². The van der Waals surface area contributed by atoms with E-state index in [4.69, 9.17) is 27.8 Å². The SMILES string of the molecule is CC(/C(C(=O)NCC(F)(F)c1ccc(C)cc1C)=C(\N)Oc1cccc(C2CC2)c1F)=C(/N)Cl. The molecule has 34 heavy (non-hydrogen) atoms. The van der Waals surface area contributed by atoms with Crippen LogP contribution in [-0.4, -0.2) is 12.5 Å². The molecule has 0 aromatic heterocycles. The summed E-state index contributed by atoms with van der Waals surface area (Å²) in [7, 11) is 0. The van der Waals surface area contributed by atoms with E-state index in [2.05, 4.69) is 5.32 Å². The normalized spacial score (nSPS) is 15.4. The maximum absolute atomic E-state index is 14.9. The van der Waals surface area contributed by atoms with E-state index in [1.54, 1.807) is 38.1 Å². The highest BCUT2D eigenvalue weighted by Gasteiger charge is 2.34. The summed E-state index contributed by atoms with van der Waals surface area (Å²) in [6.45, 7) is 3.74. The van der Waals surface area contributed by atoms with Crippen LogP contribution in [0.1, 0.15) is 47.9 Å². The molecule has 0 saturated heterocycles.